The van der Waals surface area contributed by atoms with E-state index in [0.29, 0.717) is 35.2 Å². The number of benzene rings is 4. The van der Waals surface area contributed by atoms with Gasteiger partial charge < -0.3 is 30.1 Å². The number of rotatable bonds is 8. The Morgan fingerprint density at radius 1 is 1.02 bits per heavy atom. The van der Waals surface area contributed by atoms with Crippen LogP contribution >= 0.6 is 11.6 Å². The van der Waals surface area contributed by atoms with Crippen LogP contribution in [0.1, 0.15) is 50.4 Å². The topological polar surface area (TPSA) is 138 Å². The summed E-state index contributed by atoms with van der Waals surface area (Å²) < 4.78 is 40.9. The van der Waals surface area contributed by atoms with E-state index >= 15 is 0 Å². The van der Waals surface area contributed by atoms with E-state index in [4.69, 9.17) is 21.1 Å². The summed E-state index contributed by atoms with van der Waals surface area (Å²) in [5.74, 6) is -0.398. The fourth-order valence-corrected chi connectivity index (χ4v) is 7.53. The van der Waals surface area contributed by atoms with E-state index in [0.717, 1.165) is 23.6 Å². The Bertz CT molecular complexity index is 1950. The van der Waals surface area contributed by atoms with Crippen LogP contribution in [0.4, 0.5) is 16.2 Å². The van der Waals surface area contributed by atoms with E-state index in [2.05, 4.69) is 10.6 Å². The molecule has 0 spiro atoms. The first kappa shape index (κ1) is 39.0. The Morgan fingerprint density at radius 2 is 1.75 bits per heavy atom. The molecule has 278 valence electrons. The second kappa shape index (κ2) is 17.5. The van der Waals surface area contributed by atoms with E-state index in [1.165, 1.54) is 35.6 Å². The van der Waals surface area contributed by atoms with E-state index in [1.54, 1.807) is 30.0 Å². The number of fused-ring (bicyclic) bond motifs is 2. The zero-order valence-corrected chi connectivity index (χ0v) is 31.5. The molecule has 1 aliphatic heterocycles. The minimum atomic E-state index is -3.86. The molecule has 5 rings (SSSR count). The van der Waals surface area contributed by atoms with Crippen molar-refractivity contribution in [2.45, 2.75) is 63.2 Å². The average Bonchev–Trinajstić information content (AvgIpc) is 3.13. The number of aliphatic hydroxyl groups excluding tert-OH is 1. The Hall–Kier alpha value is -4.20. The summed E-state index contributed by atoms with van der Waals surface area (Å²) >= 11 is 6.00. The van der Waals surface area contributed by atoms with Gasteiger partial charge >= 0.3 is 6.03 Å². The Kier molecular flexibility index (Phi) is 13.2. The summed E-state index contributed by atoms with van der Waals surface area (Å²) in [6.45, 7) is 5.84. The Morgan fingerprint density at radius 3 is 2.50 bits per heavy atom. The summed E-state index contributed by atoms with van der Waals surface area (Å²) in [4.78, 5) is 29.4. The fourth-order valence-electron chi connectivity index (χ4n) is 6.22. The lowest BCUT2D eigenvalue weighted by atomic mass is 10.0. The molecule has 0 unspecified atom stereocenters. The van der Waals surface area contributed by atoms with Crippen molar-refractivity contribution in [3.8, 4) is 5.75 Å². The van der Waals surface area contributed by atoms with Crippen molar-refractivity contribution in [2.24, 2.45) is 5.92 Å². The van der Waals surface area contributed by atoms with Gasteiger partial charge in [-0.25, -0.2) is 13.2 Å². The first-order valence-corrected chi connectivity index (χ1v) is 19.3. The number of ether oxygens (including phenoxy) is 2. The molecular formula is C39H47ClN4O7S. The summed E-state index contributed by atoms with van der Waals surface area (Å²) in [7, 11) is -2.36. The molecule has 1 heterocycles. The molecule has 4 aromatic carbocycles. The Balaban J connectivity index is 1.41. The summed E-state index contributed by atoms with van der Waals surface area (Å²) in [6, 6.07) is 23.2. The molecule has 3 N–H and O–H groups in total. The predicted molar refractivity (Wildman–Crippen MR) is 205 cm³/mol. The molecular weight excluding hydrogens is 704 g/mol. The summed E-state index contributed by atoms with van der Waals surface area (Å²) in [6.07, 6.45) is 1.38. The van der Waals surface area contributed by atoms with Crippen LogP contribution in [0.3, 0.4) is 0 Å². The third-order valence-corrected chi connectivity index (χ3v) is 11.4. The van der Waals surface area contributed by atoms with E-state index < -0.39 is 34.1 Å². The smallest absolute Gasteiger partial charge is 0.323 e. The Labute approximate surface area is 310 Å². The van der Waals surface area contributed by atoms with Gasteiger partial charge in [0.1, 0.15) is 5.75 Å². The number of sulfonamides is 1. The highest BCUT2D eigenvalue weighted by Gasteiger charge is 2.32. The molecule has 0 saturated carbocycles. The molecule has 4 atom stereocenters. The lowest BCUT2D eigenvalue weighted by Crippen LogP contribution is -2.48. The predicted octanol–water partition coefficient (Wildman–Crippen LogP) is 7.25. The zero-order valence-electron chi connectivity index (χ0n) is 29.9. The van der Waals surface area contributed by atoms with Crippen molar-refractivity contribution < 1.29 is 32.6 Å². The molecule has 0 aromatic heterocycles. The molecule has 0 saturated heterocycles. The monoisotopic (exact) mass is 750 g/mol. The molecule has 52 heavy (non-hydrogen) atoms. The maximum Gasteiger partial charge on any atom is 0.323 e. The number of urea groups is 1. The zero-order chi connectivity index (χ0) is 37.4. The van der Waals surface area contributed by atoms with Gasteiger partial charge in [0.05, 0.1) is 41.0 Å². The number of hydrogen-bond acceptors (Lipinski definition) is 7. The van der Waals surface area contributed by atoms with E-state index in [9.17, 15) is 23.1 Å². The van der Waals surface area contributed by atoms with Gasteiger partial charge in [-0.1, -0.05) is 54.9 Å². The van der Waals surface area contributed by atoms with Crippen molar-refractivity contribution >= 4 is 55.7 Å². The van der Waals surface area contributed by atoms with Gasteiger partial charge in [-0.05, 0) is 87.0 Å². The number of anilines is 2. The van der Waals surface area contributed by atoms with Crippen LogP contribution in [0.2, 0.25) is 5.02 Å². The molecule has 0 bridgehead atoms. The number of likely N-dealkylation sites (N-methyl/N-ethyl adjacent to an activating group) is 1. The van der Waals surface area contributed by atoms with Crippen LogP contribution < -0.4 is 15.4 Å². The van der Waals surface area contributed by atoms with E-state index in [-0.39, 0.29) is 42.2 Å². The number of carbonyl (C=O) groups is 2. The maximum absolute atomic E-state index is 14.5. The molecule has 4 aromatic rings. The SMILES string of the molecule is C[C@@H]1CCCCO[C@@H](CN(C)S(=O)(=O)c2ccc(Cl)cc2)[C@@H](C)CN([C@H](C)CO)C(=O)c2cc(NC(=O)Nc3cccc4ccccc34)ccc2O1. The van der Waals surface area contributed by atoms with Gasteiger partial charge in [-0.2, -0.15) is 4.31 Å². The number of hydrogen-bond donors (Lipinski definition) is 3. The molecule has 0 radical (unpaired) electrons. The number of halogens is 1. The van der Waals surface area contributed by atoms with Crippen LogP contribution in [0.25, 0.3) is 10.8 Å². The summed E-state index contributed by atoms with van der Waals surface area (Å²) in [5.41, 5.74) is 1.24. The normalized spacial score (nSPS) is 19.7. The van der Waals surface area contributed by atoms with Crippen molar-refractivity contribution in [1.29, 1.82) is 0 Å². The van der Waals surface area contributed by atoms with Gasteiger partial charge in [0.25, 0.3) is 5.91 Å². The molecule has 11 nitrogen and oxygen atoms in total. The maximum atomic E-state index is 14.5. The number of nitrogens with zero attached hydrogens (tertiary/aromatic N) is 2. The van der Waals surface area contributed by atoms with Crippen molar-refractivity contribution in [3.63, 3.8) is 0 Å². The van der Waals surface area contributed by atoms with Gasteiger partial charge in [-0.3, -0.25) is 4.79 Å². The molecule has 1 aliphatic rings. The minimum Gasteiger partial charge on any atom is -0.490 e. The lowest BCUT2D eigenvalue weighted by Gasteiger charge is -2.35. The van der Waals surface area contributed by atoms with Crippen molar-refractivity contribution in [2.75, 3.05) is 44.0 Å². The second-order valence-corrected chi connectivity index (χ2v) is 15.8. The minimum absolute atomic E-state index is 0.0393. The molecule has 0 fully saturated rings. The number of aliphatic hydroxyl groups is 1. The number of carbonyl (C=O) groups excluding carboxylic acids is 2. The van der Waals surface area contributed by atoms with Crippen LogP contribution in [-0.4, -0.2) is 86.3 Å². The van der Waals surface area contributed by atoms with Crippen LogP contribution in [0, 0.1) is 5.92 Å². The summed E-state index contributed by atoms with van der Waals surface area (Å²) in [5, 5.41) is 18.4. The number of amides is 3. The third kappa shape index (κ3) is 9.61. The highest BCUT2D eigenvalue weighted by Crippen LogP contribution is 2.30. The van der Waals surface area contributed by atoms with Crippen molar-refractivity contribution in [3.05, 3.63) is 95.5 Å². The first-order chi connectivity index (χ1) is 24.9. The van der Waals surface area contributed by atoms with Gasteiger partial charge in [-0.15, -0.1) is 0 Å². The lowest BCUT2D eigenvalue weighted by molar-refractivity contribution is -0.00833. The second-order valence-electron chi connectivity index (χ2n) is 13.4. The van der Waals surface area contributed by atoms with Crippen LogP contribution in [-0.2, 0) is 14.8 Å². The fraction of sp³-hybridized carbons (Fsp3) is 0.385. The number of nitrogens with one attached hydrogen (secondary N) is 2. The van der Waals surface area contributed by atoms with Crippen LogP contribution in [0.15, 0.2) is 89.8 Å². The largest absolute Gasteiger partial charge is 0.490 e. The van der Waals surface area contributed by atoms with Crippen molar-refractivity contribution in [1.82, 2.24) is 9.21 Å². The average molecular weight is 751 g/mol. The van der Waals surface area contributed by atoms with Gasteiger partial charge in [0.2, 0.25) is 10.0 Å². The van der Waals surface area contributed by atoms with Crippen LogP contribution in [0.5, 0.6) is 5.75 Å². The van der Waals surface area contributed by atoms with Gasteiger partial charge in [0, 0.05) is 48.8 Å². The first-order valence-electron chi connectivity index (χ1n) is 17.5. The molecule has 0 aliphatic carbocycles. The highest BCUT2D eigenvalue weighted by atomic mass is 35.5. The standard InChI is InChI=1S/C39H47ClN4O7S/c1-26-23-44(27(2)25-45)38(46)34-22-31(41-39(47)42-35-14-9-12-29-11-5-6-13-33(29)35)17-20-36(34)51-28(3)10-7-8-21-50-37(26)24-43(4)52(48,49)32-18-15-30(40)16-19-32/h5-6,9,11-20,22,26-28,37,45H,7-8,10,21,23-25H2,1-4H3,(H2,41,42,47)/t26-,27+,28+,37-/m0/s1. The highest BCUT2D eigenvalue weighted by molar-refractivity contribution is 7.89. The molecule has 3 amide bonds. The quantitative estimate of drug-likeness (QED) is 0.173. The third-order valence-electron chi connectivity index (χ3n) is 9.31. The molecule has 13 heteroatoms. The van der Waals surface area contributed by atoms with E-state index in [1.807, 2.05) is 56.3 Å². The van der Waals surface area contributed by atoms with Gasteiger partial charge in [0.15, 0.2) is 0 Å².